The van der Waals surface area contributed by atoms with Gasteiger partial charge in [-0.1, -0.05) is 48.5 Å². The number of nitrogens with zero attached hydrogens (tertiary/aromatic N) is 1. The predicted octanol–water partition coefficient (Wildman–Crippen LogP) is 2.46. The van der Waals surface area contributed by atoms with Crippen LogP contribution in [0, 0.1) is 10.1 Å². The molecule has 0 heterocycles. The van der Waals surface area contributed by atoms with Crippen molar-refractivity contribution in [1.82, 2.24) is 0 Å². The van der Waals surface area contributed by atoms with Crippen molar-refractivity contribution in [3.63, 3.8) is 0 Å². The fourth-order valence-electron chi connectivity index (χ4n) is 2.06. The molecule has 22 heavy (non-hydrogen) atoms. The quantitative estimate of drug-likeness (QED) is 0.444. The summed E-state index contributed by atoms with van der Waals surface area (Å²) in [4.78, 5) is 10.3. The van der Waals surface area contributed by atoms with Crippen molar-refractivity contribution in [2.45, 2.75) is 5.92 Å². The van der Waals surface area contributed by atoms with Crippen molar-refractivity contribution in [3.05, 3.63) is 76.3 Å². The maximum atomic E-state index is 12.1. The molecule has 0 amide bonds. The molecule has 0 saturated heterocycles. The molecule has 2 aromatic rings. The van der Waals surface area contributed by atoms with E-state index in [2.05, 4.69) is 0 Å². The molecule has 2 rings (SSSR count). The van der Waals surface area contributed by atoms with Crippen molar-refractivity contribution in [2.24, 2.45) is 0 Å². The first kappa shape index (κ1) is 16.0. The van der Waals surface area contributed by atoms with Crippen molar-refractivity contribution in [3.8, 4) is 5.75 Å². The maximum Gasteiger partial charge on any atom is 0.310 e. The summed E-state index contributed by atoms with van der Waals surface area (Å²) in [5.74, 6) is -1.02. The highest BCUT2D eigenvalue weighted by Gasteiger charge is 2.26. The zero-order valence-electron chi connectivity index (χ0n) is 11.7. The lowest BCUT2D eigenvalue weighted by molar-refractivity contribution is -0.482. The van der Waals surface area contributed by atoms with Gasteiger partial charge in [-0.05, 0) is 17.7 Å². The Labute approximate surface area is 128 Å². The molecule has 0 N–H and O–H groups in total. The Morgan fingerprint density at radius 2 is 1.55 bits per heavy atom. The van der Waals surface area contributed by atoms with Gasteiger partial charge in [0.25, 0.3) is 0 Å². The van der Waals surface area contributed by atoms with Crippen molar-refractivity contribution in [1.29, 1.82) is 0 Å². The second kappa shape index (κ2) is 7.04. The van der Waals surface area contributed by atoms with E-state index in [9.17, 15) is 18.5 Å². The molecule has 0 aliphatic heterocycles. The molecule has 0 aliphatic carbocycles. The first-order valence-corrected chi connectivity index (χ1v) is 8.18. The SMILES string of the molecule is O=[N+]([O-])C[C@@H](CS(=O)(=O)Oc1ccccc1)c1ccccc1. The van der Waals surface area contributed by atoms with E-state index in [0.29, 0.717) is 5.56 Å². The minimum absolute atomic E-state index is 0.190. The van der Waals surface area contributed by atoms with Crippen LogP contribution >= 0.6 is 0 Å². The molecule has 0 unspecified atom stereocenters. The van der Waals surface area contributed by atoms with Crippen molar-refractivity contribution in [2.75, 3.05) is 12.3 Å². The van der Waals surface area contributed by atoms with Gasteiger partial charge in [-0.25, -0.2) is 0 Å². The Balaban J connectivity index is 2.17. The Morgan fingerprint density at radius 3 is 2.09 bits per heavy atom. The highest BCUT2D eigenvalue weighted by Crippen LogP contribution is 2.20. The Morgan fingerprint density at radius 1 is 1.00 bits per heavy atom. The molecule has 0 aliphatic rings. The first-order chi connectivity index (χ1) is 10.5. The number of benzene rings is 2. The second-order valence-corrected chi connectivity index (χ2v) is 6.36. The van der Waals surface area contributed by atoms with E-state index < -0.39 is 33.3 Å². The molecule has 116 valence electrons. The summed E-state index contributed by atoms with van der Waals surface area (Å²) in [6.45, 7) is -0.471. The van der Waals surface area contributed by atoms with E-state index in [1.807, 2.05) is 0 Å². The van der Waals surface area contributed by atoms with Crippen LogP contribution in [0.2, 0.25) is 0 Å². The van der Waals surface area contributed by atoms with Gasteiger partial charge in [0.1, 0.15) is 5.75 Å². The van der Waals surface area contributed by atoms with Gasteiger partial charge < -0.3 is 4.18 Å². The monoisotopic (exact) mass is 321 g/mol. The van der Waals surface area contributed by atoms with E-state index in [0.717, 1.165) is 0 Å². The Hall–Kier alpha value is -2.41. The van der Waals surface area contributed by atoms with Crippen LogP contribution in [-0.4, -0.2) is 25.6 Å². The van der Waals surface area contributed by atoms with Gasteiger partial charge in [0.15, 0.2) is 0 Å². The van der Waals surface area contributed by atoms with E-state index in [1.54, 1.807) is 48.5 Å². The van der Waals surface area contributed by atoms with Crippen LogP contribution in [0.5, 0.6) is 5.75 Å². The van der Waals surface area contributed by atoms with Gasteiger partial charge >= 0.3 is 10.1 Å². The van der Waals surface area contributed by atoms with Gasteiger partial charge in [0.05, 0.1) is 11.7 Å². The minimum atomic E-state index is -3.93. The van der Waals surface area contributed by atoms with Crippen molar-refractivity contribution < 1.29 is 17.5 Å². The van der Waals surface area contributed by atoms with E-state index in [1.165, 1.54) is 12.1 Å². The van der Waals surface area contributed by atoms with Crippen LogP contribution in [0.3, 0.4) is 0 Å². The minimum Gasteiger partial charge on any atom is -0.382 e. The standard InChI is InChI=1S/C15H15NO5S/c17-16(18)11-14(13-7-3-1-4-8-13)12-22(19,20)21-15-9-5-2-6-10-15/h1-10,14H,11-12H2/t14-/m0/s1. The highest BCUT2D eigenvalue weighted by molar-refractivity contribution is 7.87. The summed E-state index contributed by atoms with van der Waals surface area (Å²) in [7, 11) is -3.93. The third-order valence-corrected chi connectivity index (χ3v) is 4.27. The Kier molecular flexibility index (Phi) is 5.11. The van der Waals surface area contributed by atoms with E-state index in [4.69, 9.17) is 4.18 Å². The number of rotatable bonds is 7. The summed E-state index contributed by atoms with van der Waals surface area (Å²) in [6, 6.07) is 16.6. The van der Waals surface area contributed by atoms with Crippen LogP contribution in [-0.2, 0) is 10.1 Å². The zero-order chi connectivity index (χ0) is 16.0. The summed E-state index contributed by atoms with van der Waals surface area (Å²) >= 11 is 0. The van der Waals surface area contributed by atoms with Crippen LogP contribution in [0.25, 0.3) is 0 Å². The third kappa shape index (κ3) is 4.85. The van der Waals surface area contributed by atoms with Gasteiger partial charge in [0.2, 0.25) is 6.54 Å². The highest BCUT2D eigenvalue weighted by atomic mass is 32.2. The lowest BCUT2D eigenvalue weighted by Crippen LogP contribution is -2.24. The number of hydrogen-bond acceptors (Lipinski definition) is 5. The zero-order valence-corrected chi connectivity index (χ0v) is 12.5. The smallest absolute Gasteiger partial charge is 0.310 e. The van der Waals surface area contributed by atoms with E-state index in [-0.39, 0.29) is 5.75 Å². The van der Waals surface area contributed by atoms with Gasteiger partial charge in [-0.3, -0.25) is 10.1 Å². The molecule has 7 heteroatoms. The normalized spacial score (nSPS) is 12.5. The maximum absolute atomic E-state index is 12.1. The molecule has 1 atom stereocenters. The molecule has 0 saturated carbocycles. The third-order valence-electron chi connectivity index (χ3n) is 3.01. The second-order valence-electron chi connectivity index (χ2n) is 4.74. The molecule has 0 spiro atoms. The Bertz CT molecular complexity index is 716. The largest absolute Gasteiger partial charge is 0.382 e. The van der Waals surface area contributed by atoms with Gasteiger partial charge in [-0.2, -0.15) is 8.42 Å². The number of hydrogen-bond donors (Lipinski definition) is 0. The molecule has 2 aromatic carbocycles. The molecular weight excluding hydrogens is 306 g/mol. The lowest BCUT2D eigenvalue weighted by atomic mass is 10.0. The van der Waals surface area contributed by atoms with Crippen LogP contribution < -0.4 is 4.18 Å². The number of nitro groups is 1. The predicted molar refractivity (Wildman–Crippen MR) is 81.9 cm³/mol. The van der Waals surface area contributed by atoms with Crippen LogP contribution in [0.4, 0.5) is 0 Å². The summed E-state index contributed by atoms with van der Waals surface area (Å²) in [6.07, 6.45) is 0. The first-order valence-electron chi connectivity index (χ1n) is 6.60. The topological polar surface area (TPSA) is 86.5 Å². The number of para-hydroxylation sites is 1. The fourth-order valence-corrected chi connectivity index (χ4v) is 3.33. The average Bonchev–Trinajstić information content (AvgIpc) is 2.47. The lowest BCUT2D eigenvalue weighted by Gasteiger charge is -2.14. The van der Waals surface area contributed by atoms with Crippen molar-refractivity contribution >= 4 is 10.1 Å². The summed E-state index contributed by atoms with van der Waals surface area (Å²) < 4.78 is 29.2. The molecule has 6 nitrogen and oxygen atoms in total. The molecule has 0 bridgehead atoms. The van der Waals surface area contributed by atoms with Crippen LogP contribution in [0.15, 0.2) is 60.7 Å². The molecular formula is C15H15NO5S. The molecule has 0 aromatic heterocycles. The molecule has 0 fully saturated rings. The average molecular weight is 321 g/mol. The van der Waals surface area contributed by atoms with E-state index >= 15 is 0 Å². The molecule has 0 radical (unpaired) electrons. The van der Waals surface area contributed by atoms with Gasteiger partial charge in [0, 0.05) is 4.92 Å². The van der Waals surface area contributed by atoms with Crippen LogP contribution in [0.1, 0.15) is 11.5 Å². The summed E-state index contributed by atoms with van der Waals surface area (Å²) in [5, 5.41) is 10.8. The fraction of sp³-hybridized carbons (Fsp3) is 0.200. The summed E-state index contributed by atoms with van der Waals surface area (Å²) in [5.41, 5.74) is 0.597. The van der Waals surface area contributed by atoms with Gasteiger partial charge in [-0.15, -0.1) is 0 Å².